The van der Waals surface area contributed by atoms with Gasteiger partial charge in [0.15, 0.2) is 11.5 Å². The molecular formula is C13H17N5O3. The molecule has 21 heavy (non-hydrogen) atoms. The third-order valence-corrected chi connectivity index (χ3v) is 4.04. The van der Waals surface area contributed by atoms with Gasteiger partial charge >= 0.3 is 0 Å². The van der Waals surface area contributed by atoms with Gasteiger partial charge in [0.1, 0.15) is 23.7 Å². The number of fused-ring (bicyclic) bond motifs is 1. The van der Waals surface area contributed by atoms with Crippen molar-refractivity contribution in [3.63, 3.8) is 0 Å². The number of nitrogens with zero attached hydrogens (tertiary/aromatic N) is 4. The molecule has 3 heterocycles. The van der Waals surface area contributed by atoms with Crippen molar-refractivity contribution in [3.05, 3.63) is 25.3 Å². The molecule has 1 aliphatic rings. The second kappa shape index (κ2) is 4.76. The molecule has 3 rings (SSSR count). The van der Waals surface area contributed by atoms with E-state index in [1.807, 2.05) is 6.92 Å². The second-order valence-electron chi connectivity index (χ2n) is 5.21. The predicted molar refractivity (Wildman–Crippen MR) is 75.0 cm³/mol. The molecule has 1 saturated heterocycles. The average molecular weight is 291 g/mol. The zero-order chi connectivity index (χ0) is 15.2. The first kappa shape index (κ1) is 13.9. The molecule has 0 radical (unpaired) electrons. The Kier molecular flexibility index (Phi) is 3.16. The van der Waals surface area contributed by atoms with Gasteiger partial charge in [-0.3, -0.25) is 4.57 Å². The van der Waals surface area contributed by atoms with Crippen molar-refractivity contribution >= 4 is 17.0 Å². The third kappa shape index (κ3) is 1.84. The van der Waals surface area contributed by atoms with Crippen LogP contribution in [0.3, 0.4) is 0 Å². The molecule has 0 unspecified atom stereocenters. The standard InChI is InChI=1S/C13H17N5O3/c1-3-13(4-19)9(20)7(2)12(21-13)18-6-17-8-10(14)15-5-16-11(8)18/h3,5-7,9,12,19-20H,1,4H2,2H3,(H2,14,15,16)/t7-,9-,12+,13+/m0/s1. The van der Waals surface area contributed by atoms with Crippen LogP contribution in [-0.4, -0.2) is 48.0 Å². The van der Waals surface area contributed by atoms with E-state index in [-0.39, 0.29) is 18.3 Å². The van der Waals surface area contributed by atoms with E-state index in [2.05, 4.69) is 21.5 Å². The maximum atomic E-state index is 10.4. The van der Waals surface area contributed by atoms with Gasteiger partial charge in [-0.15, -0.1) is 6.58 Å². The minimum absolute atomic E-state index is 0.280. The number of rotatable bonds is 3. The van der Waals surface area contributed by atoms with Crippen molar-refractivity contribution in [1.82, 2.24) is 19.5 Å². The lowest BCUT2D eigenvalue weighted by molar-refractivity contribution is -0.0957. The van der Waals surface area contributed by atoms with Gasteiger partial charge in [-0.05, 0) is 0 Å². The third-order valence-electron chi connectivity index (χ3n) is 4.04. The van der Waals surface area contributed by atoms with Crippen molar-refractivity contribution in [2.75, 3.05) is 12.3 Å². The largest absolute Gasteiger partial charge is 0.393 e. The fourth-order valence-electron chi connectivity index (χ4n) is 2.73. The Morgan fingerprint density at radius 3 is 2.90 bits per heavy atom. The molecule has 112 valence electrons. The van der Waals surface area contributed by atoms with Gasteiger partial charge in [0.2, 0.25) is 0 Å². The summed E-state index contributed by atoms with van der Waals surface area (Å²) in [5.74, 6) is -0.00849. The van der Waals surface area contributed by atoms with E-state index >= 15 is 0 Å². The summed E-state index contributed by atoms with van der Waals surface area (Å²) < 4.78 is 7.55. The molecule has 8 heteroatoms. The van der Waals surface area contributed by atoms with E-state index in [9.17, 15) is 10.2 Å². The number of aliphatic hydroxyl groups is 2. The molecule has 2 aromatic rings. The molecule has 0 bridgehead atoms. The van der Waals surface area contributed by atoms with Gasteiger partial charge in [0.05, 0.1) is 19.0 Å². The highest BCUT2D eigenvalue weighted by Gasteiger charge is 2.51. The quantitative estimate of drug-likeness (QED) is 0.673. The summed E-state index contributed by atoms with van der Waals surface area (Å²) >= 11 is 0. The summed E-state index contributed by atoms with van der Waals surface area (Å²) in [7, 11) is 0. The van der Waals surface area contributed by atoms with Crippen LogP contribution in [0.1, 0.15) is 13.2 Å². The monoisotopic (exact) mass is 291 g/mol. The number of aliphatic hydroxyl groups excluding tert-OH is 2. The Balaban J connectivity index is 2.08. The summed E-state index contributed by atoms with van der Waals surface area (Å²) in [5.41, 5.74) is 5.56. The van der Waals surface area contributed by atoms with E-state index in [0.29, 0.717) is 11.2 Å². The zero-order valence-electron chi connectivity index (χ0n) is 11.5. The second-order valence-corrected chi connectivity index (χ2v) is 5.21. The lowest BCUT2D eigenvalue weighted by Gasteiger charge is -2.26. The number of ether oxygens (including phenoxy) is 1. The van der Waals surface area contributed by atoms with Gasteiger partial charge < -0.3 is 20.7 Å². The average Bonchev–Trinajstić information content (AvgIpc) is 3.02. The van der Waals surface area contributed by atoms with Gasteiger partial charge in [0, 0.05) is 5.92 Å². The van der Waals surface area contributed by atoms with Crippen LogP contribution < -0.4 is 5.73 Å². The molecule has 0 spiro atoms. The molecule has 0 saturated carbocycles. The molecular weight excluding hydrogens is 274 g/mol. The van der Waals surface area contributed by atoms with Crippen LogP contribution in [0.5, 0.6) is 0 Å². The van der Waals surface area contributed by atoms with Crippen molar-refractivity contribution < 1.29 is 14.9 Å². The van der Waals surface area contributed by atoms with Gasteiger partial charge in [-0.1, -0.05) is 13.0 Å². The van der Waals surface area contributed by atoms with Crippen LogP contribution >= 0.6 is 0 Å². The molecule has 4 atom stereocenters. The van der Waals surface area contributed by atoms with Crippen LogP contribution in [0.15, 0.2) is 25.3 Å². The van der Waals surface area contributed by atoms with Gasteiger partial charge in [0.25, 0.3) is 0 Å². The normalized spacial score (nSPS) is 32.6. The Bertz CT molecular complexity index is 687. The lowest BCUT2D eigenvalue weighted by Crippen LogP contribution is -2.42. The number of aromatic nitrogens is 4. The summed E-state index contributed by atoms with van der Waals surface area (Å²) in [5, 5.41) is 19.9. The fraction of sp³-hybridized carbons (Fsp3) is 0.462. The number of hydrogen-bond acceptors (Lipinski definition) is 7. The first-order chi connectivity index (χ1) is 10.0. The minimum Gasteiger partial charge on any atom is -0.393 e. The topological polar surface area (TPSA) is 119 Å². The maximum absolute atomic E-state index is 10.4. The summed E-state index contributed by atoms with van der Waals surface area (Å²) in [4.78, 5) is 12.2. The predicted octanol–water partition coefficient (Wildman–Crippen LogP) is -0.149. The number of nitrogen functional groups attached to an aromatic ring is 1. The van der Waals surface area contributed by atoms with E-state index in [1.54, 1.807) is 10.9 Å². The fourth-order valence-corrected chi connectivity index (χ4v) is 2.73. The lowest BCUT2D eigenvalue weighted by atomic mass is 9.91. The number of imidazole rings is 1. The molecule has 4 N–H and O–H groups in total. The summed E-state index contributed by atoms with van der Waals surface area (Å²) in [6.07, 6.45) is 2.89. The van der Waals surface area contributed by atoms with Crippen LogP contribution in [0.4, 0.5) is 5.82 Å². The van der Waals surface area contributed by atoms with Crippen LogP contribution in [0.2, 0.25) is 0 Å². The Morgan fingerprint density at radius 2 is 2.29 bits per heavy atom. The van der Waals surface area contributed by atoms with E-state index in [0.717, 1.165) is 0 Å². The minimum atomic E-state index is -1.20. The molecule has 8 nitrogen and oxygen atoms in total. The highest BCUT2D eigenvalue weighted by Crippen LogP contribution is 2.42. The molecule has 0 aromatic carbocycles. The highest BCUT2D eigenvalue weighted by atomic mass is 16.6. The summed E-state index contributed by atoms with van der Waals surface area (Å²) in [6.45, 7) is 5.11. The first-order valence-corrected chi connectivity index (χ1v) is 6.57. The Hall–Kier alpha value is -2.03. The van der Waals surface area contributed by atoms with Gasteiger partial charge in [-0.25, -0.2) is 15.0 Å². The van der Waals surface area contributed by atoms with Crippen LogP contribution in [0, 0.1) is 5.92 Å². The van der Waals surface area contributed by atoms with E-state index in [4.69, 9.17) is 10.5 Å². The Labute approximate surface area is 120 Å². The number of hydrogen-bond donors (Lipinski definition) is 3. The van der Waals surface area contributed by atoms with E-state index < -0.39 is 17.9 Å². The van der Waals surface area contributed by atoms with Crippen molar-refractivity contribution in [3.8, 4) is 0 Å². The zero-order valence-corrected chi connectivity index (χ0v) is 11.5. The smallest absolute Gasteiger partial charge is 0.167 e. The molecule has 2 aromatic heterocycles. The van der Waals surface area contributed by atoms with E-state index in [1.165, 1.54) is 12.4 Å². The first-order valence-electron chi connectivity index (χ1n) is 6.57. The molecule has 1 fully saturated rings. The van der Waals surface area contributed by atoms with Crippen molar-refractivity contribution in [2.45, 2.75) is 24.9 Å². The van der Waals surface area contributed by atoms with Crippen LogP contribution in [-0.2, 0) is 4.74 Å². The molecule has 1 aliphatic heterocycles. The molecule has 0 aliphatic carbocycles. The van der Waals surface area contributed by atoms with Crippen LogP contribution in [0.25, 0.3) is 11.2 Å². The van der Waals surface area contributed by atoms with Crippen molar-refractivity contribution in [2.24, 2.45) is 5.92 Å². The SMILES string of the molecule is C=C[C@]1(CO)O[C@@H](n2cnc3c(N)ncnc32)[C@@H](C)[C@@H]1O. The number of nitrogens with two attached hydrogens (primary N) is 1. The molecule has 0 amide bonds. The van der Waals surface area contributed by atoms with Crippen molar-refractivity contribution in [1.29, 1.82) is 0 Å². The maximum Gasteiger partial charge on any atom is 0.167 e. The number of anilines is 1. The van der Waals surface area contributed by atoms with Gasteiger partial charge in [-0.2, -0.15) is 0 Å². The highest BCUT2D eigenvalue weighted by molar-refractivity contribution is 5.81. The summed E-state index contributed by atoms with van der Waals surface area (Å²) in [6, 6.07) is 0. The Morgan fingerprint density at radius 1 is 1.52 bits per heavy atom.